The van der Waals surface area contributed by atoms with Crippen molar-refractivity contribution in [2.45, 2.75) is 12.7 Å². The number of benzene rings is 1. The highest BCUT2D eigenvalue weighted by atomic mass is 35.5. The molecule has 3 heterocycles. The Balaban J connectivity index is 1.53. The number of carbonyl (C=O) groups excluding carboxylic acids is 1. The molecule has 1 saturated heterocycles. The Morgan fingerprint density at radius 2 is 2.15 bits per heavy atom. The summed E-state index contributed by atoms with van der Waals surface area (Å²) in [6.07, 6.45) is 0.603. The average Bonchev–Trinajstić information content (AvgIpc) is 3.42. The highest BCUT2D eigenvalue weighted by molar-refractivity contribution is 7.18. The molecule has 33 heavy (non-hydrogen) atoms. The van der Waals surface area contributed by atoms with E-state index in [1.165, 1.54) is 27.9 Å². The smallest absolute Gasteiger partial charge is 0.414 e. The molecule has 0 saturated carbocycles. The molecule has 3 aromatic rings. The fraction of sp³-hybridized carbons (Fsp3) is 0.227. The number of nitrogens with zero attached hydrogens (tertiary/aromatic N) is 3. The number of aliphatic hydroxyl groups is 1. The van der Waals surface area contributed by atoms with Gasteiger partial charge in [-0.2, -0.15) is 0 Å². The Morgan fingerprint density at radius 1 is 1.33 bits per heavy atom. The van der Waals surface area contributed by atoms with E-state index >= 15 is 0 Å². The first kappa shape index (κ1) is 22.8. The number of aliphatic imine (C=N–C) groups is 1. The molecule has 9 nitrogen and oxygen atoms in total. The fourth-order valence-corrected chi connectivity index (χ4v) is 4.40. The van der Waals surface area contributed by atoms with Crippen molar-refractivity contribution in [3.63, 3.8) is 0 Å². The van der Waals surface area contributed by atoms with Crippen molar-refractivity contribution in [2.24, 2.45) is 10.7 Å². The van der Waals surface area contributed by atoms with Crippen molar-refractivity contribution in [3.05, 3.63) is 73.8 Å². The van der Waals surface area contributed by atoms with Crippen LogP contribution in [-0.2, 0) is 11.3 Å². The average molecular weight is 489 g/mol. The third-order valence-corrected chi connectivity index (χ3v) is 6.35. The zero-order valence-corrected chi connectivity index (χ0v) is 19.2. The first-order valence-corrected chi connectivity index (χ1v) is 11.1. The van der Waals surface area contributed by atoms with Gasteiger partial charge in [-0.25, -0.2) is 4.79 Å². The van der Waals surface area contributed by atoms with Gasteiger partial charge in [0.2, 0.25) is 0 Å². The number of ether oxygens (including phenoxy) is 2. The molecule has 1 aliphatic heterocycles. The molecule has 1 fully saturated rings. The van der Waals surface area contributed by atoms with Crippen molar-refractivity contribution in [1.29, 1.82) is 0 Å². The van der Waals surface area contributed by atoms with Gasteiger partial charge in [0.25, 0.3) is 5.56 Å². The zero-order valence-electron chi connectivity index (χ0n) is 17.6. The van der Waals surface area contributed by atoms with E-state index < -0.39 is 12.2 Å². The number of aromatic nitrogens is 1. The number of cyclic esters (lactones) is 1. The molecule has 2 aromatic heterocycles. The van der Waals surface area contributed by atoms with Gasteiger partial charge >= 0.3 is 6.09 Å². The number of methoxy groups -OCH3 is 1. The van der Waals surface area contributed by atoms with Gasteiger partial charge in [0, 0.05) is 17.8 Å². The van der Waals surface area contributed by atoms with Gasteiger partial charge in [0.1, 0.15) is 17.7 Å². The van der Waals surface area contributed by atoms with E-state index in [0.29, 0.717) is 27.3 Å². The van der Waals surface area contributed by atoms with Crippen LogP contribution in [0.5, 0.6) is 5.75 Å². The van der Waals surface area contributed by atoms with Crippen molar-refractivity contribution >= 4 is 40.6 Å². The van der Waals surface area contributed by atoms with E-state index in [1.807, 2.05) is 0 Å². The standard InChI is InChI=1S/C22H21ClN4O5S/c1-31-17-9-14(4-5-16(17)26-8-2-3-13(12-28)21(26)29)27-11-15(32-22(27)30)10-25-20(24)18-6-7-19(23)33-18/h2-9,15,28H,10-12H2,1H3,(H2,24,25)/t15-/m0/s1. The van der Waals surface area contributed by atoms with E-state index in [2.05, 4.69) is 4.99 Å². The summed E-state index contributed by atoms with van der Waals surface area (Å²) in [6.45, 7) is 0.124. The zero-order chi connectivity index (χ0) is 23.5. The van der Waals surface area contributed by atoms with Crippen molar-refractivity contribution in [3.8, 4) is 11.4 Å². The molecule has 1 amide bonds. The lowest BCUT2D eigenvalue weighted by Gasteiger charge is -2.17. The number of halogens is 1. The van der Waals surface area contributed by atoms with Crippen LogP contribution in [0, 0.1) is 0 Å². The maximum absolute atomic E-state index is 12.6. The van der Waals surface area contributed by atoms with E-state index in [-0.39, 0.29) is 30.8 Å². The number of anilines is 1. The summed E-state index contributed by atoms with van der Waals surface area (Å²) in [5.41, 5.74) is 6.94. The first-order chi connectivity index (χ1) is 15.9. The van der Waals surface area contributed by atoms with Gasteiger partial charge in [-0.05, 0) is 36.4 Å². The molecule has 11 heteroatoms. The number of thiophene rings is 1. The Bertz CT molecular complexity index is 1270. The predicted octanol–water partition coefficient (Wildman–Crippen LogP) is 2.78. The monoisotopic (exact) mass is 488 g/mol. The minimum absolute atomic E-state index is 0.210. The lowest BCUT2D eigenvalue weighted by molar-refractivity contribution is 0.145. The number of nitrogens with two attached hydrogens (primary N) is 1. The molecule has 0 radical (unpaired) electrons. The summed E-state index contributed by atoms with van der Waals surface area (Å²) >= 11 is 7.25. The summed E-state index contributed by atoms with van der Waals surface area (Å²) in [5, 5.41) is 9.38. The molecule has 0 bridgehead atoms. The van der Waals surface area contributed by atoms with E-state index in [4.69, 9.17) is 26.8 Å². The second-order valence-corrected chi connectivity index (χ2v) is 8.88. The normalized spacial score (nSPS) is 16.2. The minimum atomic E-state index is -0.512. The number of pyridine rings is 1. The molecule has 1 aromatic carbocycles. The highest BCUT2D eigenvalue weighted by Gasteiger charge is 2.32. The number of hydrogen-bond donors (Lipinski definition) is 2. The number of aliphatic hydroxyl groups excluding tert-OH is 1. The third-order valence-electron chi connectivity index (χ3n) is 5.10. The Kier molecular flexibility index (Phi) is 6.68. The van der Waals surface area contributed by atoms with E-state index in [1.54, 1.807) is 48.7 Å². The van der Waals surface area contributed by atoms with Crippen LogP contribution in [0.4, 0.5) is 10.5 Å². The molecule has 0 aliphatic carbocycles. The van der Waals surface area contributed by atoms with Crippen molar-refractivity contribution in [2.75, 3.05) is 25.1 Å². The van der Waals surface area contributed by atoms with Crippen LogP contribution in [-0.4, -0.2) is 47.9 Å². The molecule has 0 spiro atoms. The largest absolute Gasteiger partial charge is 0.494 e. The molecule has 0 unspecified atom stereocenters. The van der Waals surface area contributed by atoms with Gasteiger partial charge < -0.3 is 20.3 Å². The van der Waals surface area contributed by atoms with Crippen LogP contribution in [0.3, 0.4) is 0 Å². The van der Waals surface area contributed by atoms with E-state index in [0.717, 1.165) is 4.88 Å². The molecular formula is C22H21ClN4O5S. The topological polar surface area (TPSA) is 119 Å². The van der Waals surface area contributed by atoms with Gasteiger partial charge in [0.05, 0.1) is 47.4 Å². The second kappa shape index (κ2) is 9.65. The van der Waals surface area contributed by atoms with Gasteiger partial charge in [-0.15, -0.1) is 11.3 Å². The fourth-order valence-electron chi connectivity index (χ4n) is 3.44. The van der Waals surface area contributed by atoms with Crippen LogP contribution in [0.1, 0.15) is 10.4 Å². The minimum Gasteiger partial charge on any atom is -0.494 e. The summed E-state index contributed by atoms with van der Waals surface area (Å²) in [6, 6.07) is 11.8. The third kappa shape index (κ3) is 4.72. The maximum Gasteiger partial charge on any atom is 0.414 e. The maximum atomic E-state index is 12.6. The quantitative estimate of drug-likeness (QED) is 0.390. The van der Waals surface area contributed by atoms with Crippen LogP contribution in [0.15, 0.2) is 58.4 Å². The Hall–Kier alpha value is -3.34. The van der Waals surface area contributed by atoms with Crippen LogP contribution < -0.4 is 20.9 Å². The first-order valence-electron chi connectivity index (χ1n) is 9.95. The summed E-state index contributed by atoms with van der Waals surface area (Å²) in [5.74, 6) is 0.723. The summed E-state index contributed by atoms with van der Waals surface area (Å²) in [7, 11) is 1.48. The number of carbonyl (C=O) groups is 1. The van der Waals surface area contributed by atoms with Crippen molar-refractivity contribution < 1.29 is 19.4 Å². The number of hydrogen-bond acceptors (Lipinski definition) is 7. The molecule has 172 valence electrons. The second-order valence-electron chi connectivity index (χ2n) is 7.17. The Labute approximate surface area is 198 Å². The summed E-state index contributed by atoms with van der Waals surface area (Å²) in [4.78, 5) is 31.6. The molecular weight excluding hydrogens is 468 g/mol. The van der Waals surface area contributed by atoms with Crippen LogP contribution in [0.25, 0.3) is 5.69 Å². The molecule has 1 atom stereocenters. The SMILES string of the molecule is COc1cc(N2C[C@H](CN=C(N)c3ccc(Cl)s3)OC2=O)ccc1-n1cccc(CO)c1=O. The number of amidine groups is 1. The predicted molar refractivity (Wildman–Crippen MR) is 127 cm³/mol. The van der Waals surface area contributed by atoms with Gasteiger partial charge in [-0.1, -0.05) is 11.6 Å². The Morgan fingerprint density at radius 3 is 2.85 bits per heavy atom. The van der Waals surface area contributed by atoms with Crippen LogP contribution >= 0.6 is 22.9 Å². The molecule has 4 rings (SSSR count). The van der Waals surface area contributed by atoms with Crippen LogP contribution in [0.2, 0.25) is 4.34 Å². The van der Waals surface area contributed by atoms with E-state index in [9.17, 15) is 14.7 Å². The van der Waals surface area contributed by atoms with Gasteiger partial charge in [0.15, 0.2) is 0 Å². The lowest BCUT2D eigenvalue weighted by atomic mass is 10.2. The molecule has 3 N–H and O–H groups in total. The summed E-state index contributed by atoms with van der Waals surface area (Å²) < 4.78 is 12.9. The van der Waals surface area contributed by atoms with Crippen molar-refractivity contribution in [1.82, 2.24) is 4.57 Å². The number of rotatable bonds is 7. The lowest BCUT2D eigenvalue weighted by Crippen LogP contribution is -2.26. The van der Waals surface area contributed by atoms with Gasteiger partial charge in [-0.3, -0.25) is 19.3 Å². The molecule has 1 aliphatic rings. The number of amides is 1. The highest BCUT2D eigenvalue weighted by Crippen LogP contribution is 2.30.